The van der Waals surface area contributed by atoms with Crippen molar-refractivity contribution < 1.29 is 4.74 Å². The summed E-state index contributed by atoms with van der Waals surface area (Å²) >= 11 is 0. The van der Waals surface area contributed by atoms with Crippen LogP contribution in [0.2, 0.25) is 0 Å². The Hall–Kier alpha value is -3.65. The minimum absolute atomic E-state index is 0.227. The molecule has 5 heteroatoms. The predicted molar refractivity (Wildman–Crippen MR) is 98.0 cm³/mol. The van der Waals surface area contributed by atoms with Gasteiger partial charge in [0.15, 0.2) is 5.82 Å². The standard InChI is InChI=1S/C20H15N3O2/c1-2-11-25-18-10-6-3-7-14(18)12-15(13-21)19-22-17-9-5-4-8-16(17)20(24)23-19/h2-10,12H,1,11H2,(H,22,23,24)/b15-12+. The van der Waals surface area contributed by atoms with Gasteiger partial charge < -0.3 is 9.72 Å². The zero-order valence-corrected chi connectivity index (χ0v) is 13.4. The van der Waals surface area contributed by atoms with Gasteiger partial charge >= 0.3 is 0 Å². The number of rotatable bonds is 5. The Balaban J connectivity index is 2.10. The molecule has 0 aliphatic heterocycles. The smallest absolute Gasteiger partial charge is 0.259 e. The van der Waals surface area contributed by atoms with Gasteiger partial charge in [-0.2, -0.15) is 5.26 Å². The SMILES string of the molecule is C=CCOc1ccccc1/C=C(\C#N)c1nc2ccccc2c(=O)[nH]1. The second kappa shape index (κ2) is 7.28. The Morgan fingerprint density at radius 1 is 1.24 bits per heavy atom. The molecule has 0 bridgehead atoms. The molecule has 3 aromatic rings. The lowest BCUT2D eigenvalue weighted by molar-refractivity contribution is 0.362. The van der Waals surface area contributed by atoms with Gasteiger partial charge in [-0.15, -0.1) is 0 Å². The largest absolute Gasteiger partial charge is 0.489 e. The Morgan fingerprint density at radius 3 is 2.80 bits per heavy atom. The highest BCUT2D eigenvalue weighted by atomic mass is 16.5. The molecule has 0 saturated carbocycles. The number of allylic oxidation sites excluding steroid dienone is 1. The lowest BCUT2D eigenvalue weighted by Gasteiger charge is -2.07. The van der Waals surface area contributed by atoms with E-state index in [1.54, 1.807) is 42.5 Å². The molecule has 25 heavy (non-hydrogen) atoms. The van der Waals surface area contributed by atoms with Crippen molar-refractivity contribution in [3.05, 3.63) is 82.9 Å². The average Bonchev–Trinajstić information content (AvgIpc) is 2.65. The van der Waals surface area contributed by atoms with E-state index in [0.717, 1.165) is 5.56 Å². The summed E-state index contributed by atoms with van der Waals surface area (Å²) in [4.78, 5) is 19.3. The zero-order chi connectivity index (χ0) is 17.6. The van der Waals surface area contributed by atoms with Crippen molar-refractivity contribution in [2.45, 2.75) is 0 Å². The third-order valence-corrected chi connectivity index (χ3v) is 3.56. The van der Waals surface area contributed by atoms with Crippen LogP contribution in [0.25, 0.3) is 22.6 Å². The van der Waals surface area contributed by atoms with Crippen molar-refractivity contribution in [3.8, 4) is 11.8 Å². The molecule has 1 heterocycles. The first-order valence-electron chi connectivity index (χ1n) is 7.67. The predicted octanol–water partition coefficient (Wildman–Crippen LogP) is 3.55. The summed E-state index contributed by atoms with van der Waals surface area (Å²) in [7, 11) is 0. The van der Waals surface area contributed by atoms with E-state index in [2.05, 4.69) is 22.6 Å². The second-order valence-corrected chi connectivity index (χ2v) is 5.24. The zero-order valence-electron chi connectivity index (χ0n) is 13.4. The molecule has 5 nitrogen and oxygen atoms in total. The summed E-state index contributed by atoms with van der Waals surface area (Å²) in [5, 5.41) is 10.0. The molecule has 0 amide bonds. The van der Waals surface area contributed by atoms with Crippen LogP contribution in [0.1, 0.15) is 11.4 Å². The van der Waals surface area contributed by atoms with Gasteiger partial charge in [0.05, 0.1) is 16.5 Å². The molecular formula is C20H15N3O2. The highest BCUT2D eigenvalue weighted by molar-refractivity contribution is 5.90. The van der Waals surface area contributed by atoms with Crippen LogP contribution < -0.4 is 10.3 Å². The maximum atomic E-state index is 12.2. The van der Waals surface area contributed by atoms with E-state index in [0.29, 0.717) is 23.3 Å². The van der Waals surface area contributed by atoms with E-state index in [9.17, 15) is 10.1 Å². The van der Waals surface area contributed by atoms with E-state index in [1.165, 1.54) is 0 Å². The Kier molecular flexibility index (Phi) is 4.72. The van der Waals surface area contributed by atoms with E-state index < -0.39 is 0 Å². The van der Waals surface area contributed by atoms with Crippen LogP contribution in [0.15, 0.2) is 66.0 Å². The average molecular weight is 329 g/mol. The molecule has 1 N–H and O–H groups in total. The van der Waals surface area contributed by atoms with E-state index in [-0.39, 0.29) is 17.0 Å². The van der Waals surface area contributed by atoms with Crippen molar-refractivity contribution in [2.24, 2.45) is 0 Å². The monoisotopic (exact) mass is 329 g/mol. The second-order valence-electron chi connectivity index (χ2n) is 5.24. The van der Waals surface area contributed by atoms with Gasteiger partial charge in [0.25, 0.3) is 5.56 Å². The van der Waals surface area contributed by atoms with Crippen LogP contribution in [0.5, 0.6) is 5.75 Å². The van der Waals surface area contributed by atoms with Crippen LogP contribution in [0.3, 0.4) is 0 Å². The molecule has 0 radical (unpaired) electrons. The summed E-state index contributed by atoms with van der Waals surface area (Å²) in [6.07, 6.45) is 3.29. The summed E-state index contributed by atoms with van der Waals surface area (Å²) in [6.45, 7) is 3.99. The Morgan fingerprint density at radius 2 is 2.00 bits per heavy atom. The van der Waals surface area contributed by atoms with Crippen LogP contribution in [-0.4, -0.2) is 16.6 Å². The number of nitriles is 1. The summed E-state index contributed by atoms with van der Waals surface area (Å²) in [6, 6.07) is 16.4. The third-order valence-electron chi connectivity index (χ3n) is 3.56. The van der Waals surface area contributed by atoms with Gasteiger partial charge in [0.2, 0.25) is 0 Å². The molecule has 0 atom stereocenters. The number of fused-ring (bicyclic) bond motifs is 1. The van der Waals surface area contributed by atoms with Crippen LogP contribution in [0, 0.1) is 11.3 Å². The van der Waals surface area contributed by atoms with Crippen molar-refractivity contribution >= 4 is 22.6 Å². The number of aromatic amines is 1. The molecule has 0 aliphatic rings. The first kappa shape index (κ1) is 16.2. The summed E-state index contributed by atoms with van der Waals surface area (Å²) < 4.78 is 5.60. The quantitative estimate of drug-likeness (QED) is 0.573. The summed E-state index contributed by atoms with van der Waals surface area (Å²) in [5.41, 5.74) is 1.23. The molecule has 1 aromatic heterocycles. The number of para-hydroxylation sites is 2. The Bertz CT molecular complexity index is 1060. The van der Waals surface area contributed by atoms with Crippen LogP contribution in [0.4, 0.5) is 0 Å². The molecule has 3 rings (SSSR count). The van der Waals surface area contributed by atoms with Gasteiger partial charge in [-0.3, -0.25) is 4.79 Å². The number of ether oxygens (including phenoxy) is 1. The van der Waals surface area contributed by atoms with E-state index in [1.807, 2.05) is 18.2 Å². The lowest BCUT2D eigenvalue weighted by atomic mass is 10.1. The maximum absolute atomic E-state index is 12.2. The number of nitrogens with one attached hydrogen (secondary N) is 1. The first-order chi connectivity index (χ1) is 12.2. The minimum Gasteiger partial charge on any atom is -0.489 e. The van der Waals surface area contributed by atoms with E-state index in [4.69, 9.17) is 4.74 Å². The minimum atomic E-state index is -0.280. The topological polar surface area (TPSA) is 78.8 Å². The molecule has 0 fully saturated rings. The molecule has 0 saturated heterocycles. The molecular weight excluding hydrogens is 314 g/mol. The summed E-state index contributed by atoms with van der Waals surface area (Å²) in [5.74, 6) is 0.850. The normalized spacial score (nSPS) is 11.1. The van der Waals surface area contributed by atoms with Gasteiger partial charge in [-0.05, 0) is 24.3 Å². The maximum Gasteiger partial charge on any atom is 0.259 e. The fourth-order valence-corrected chi connectivity index (χ4v) is 2.40. The van der Waals surface area contributed by atoms with Crippen molar-refractivity contribution in [1.82, 2.24) is 9.97 Å². The van der Waals surface area contributed by atoms with Crippen molar-refractivity contribution in [1.29, 1.82) is 5.26 Å². The molecule has 0 spiro atoms. The third kappa shape index (κ3) is 3.48. The molecule has 2 aromatic carbocycles. The van der Waals surface area contributed by atoms with Crippen molar-refractivity contribution in [3.63, 3.8) is 0 Å². The van der Waals surface area contributed by atoms with Crippen LogP contribution >= 0.6 is 0 Å². The molecule has 122 valence electrons. The first-order valence-corrected chi connectivity index (χ1v) is 7.67. The number of hydrogen-bond donors (Lipinski definition) is 1. The van der Waals surface area contributed by atoms with Gasteiger partial charge in [0, 0.05) is 5.56 Å². The Labute approximate surface area is 144 Å². The van der Waals surface area contributed by atoms with Gasteiger partial charge in [-0.1, -0.05) is 43.0 Å². The van der Waals surface area contributed by atoms with Crippen LogP contribution in [-0.2, 0) is 0 Å². The van der Waals surface area contributed by atoms with E-state index >= 15 is 0 Å². The number of nitrogens with zero attached hydrogens (tertiary/aromatic N) is 2. The number of aromatic nitrogens is 2. The fourth-order valence-electron chi connectivity index (χ4n) is 2.40. The number of H-pyrrole nitrogens is 1. The number of hydrogen-bond acceptors (Lipinski definition) is 4. The van der Waals surface area contributed by atoms with Gasteiger partial charge in [-0.25, -0.2) is 4.98 Å². The van der Waals surface area contributed by atoms with Gasteiger partial charge in [0.1, 0.15) is 18.4 Å². The molecule has 0 aliphatic carbocycles. The van der Waals surface area contributed by atoms with Crippen molar-refractivity contribution in [2.75, 3.05) is 6.61 Å². The highest BCUT2D eigenvalue weighted by Gasteiger charge is 2.09. The number of benzene rings is 2. The lowest BCUT2D eigenvalue weighted by Crippen LogP contribution is -2.11. The fraction of sp³-hybridized carbons (Fsp3) is 0.0500. The molecule has 0 unspecified atom stereocenters. The highest BCUT2D eigenvalue weighted by Crippen LogP contribution is 2.23.